The number of cyclic esters (lactones) is 1. The Hall–Kier alpha value is -1.83. The molecule has 0 radical (unpaired) electrons. The fraction of sp³-hybridized carbons (Fsp3) is 0.556. The summed E-state index contributed by atoms with van der Waals surface area (Å²) >= 11 is 5.95. The summed E-state index contributed by atoms with van der Waals surface area (Å²) in [5.41, 5.74) is 1.12. The number of nitrogens with zero attached hydrogens (tertiary/aromatic N) is 2. The molecule has 8 heteroatoms. The van der Waals surface area contributed by atoms with E-state index in [4.69, 9.17) is 21.1 Å². The molecule has 0 saturated carbocycles. The standard InChI is InChI=1S/C18H22ClN3O4/c19-13-3-1-12(2-4-13)16-9-22-8-14(7-15(22)11-26-16)20-17(23)10-21-5-6-25-18(21)24/h1-4,14-16H,5-11H2,(H,20,23)/t14-,15+,16-/m1/s1. The van der Waals surface area contributed by atoms with Gasteiger partial charge in [-0.05, 0) is 24.1 Å². The van der Waals surface area contributed by atoms with Crippen molar-refractivity contribution >= 4 is 23.6 Å². The molecule has 1 aromatic rings. The van der Waals surface area contributed by atoms with Gasteiger partial charge in [0.1, 0.15) is 13.2 Å². The number of carbonyl (C=O) groups excluding carboxylic acids is 2. The van der Waals surface area contributed by atoms with E-state index >= 15 is 0 Å². The van der Waals surface area contributed by atoms with Gasteiger partial charge in [-0.15, -0.1) is 0 Å². The number of nitrogens with one attached hydrogen (secondary N) is 1. The highest BCUT2D eigenvalue weighted by Crippen LogP contribution is 2.30. The van der Waals surface area contributed by atoms with Crippen LogP contribution < -0.4 is 5.32 Å². The van der Waals surface area contributed by atoms with Crippen LogP contribution in [0.1, 0.15) is 18.1 Å². The fourth-order valence-corrected chi connectivity index (χ4v) is 4.00. The molecular weight excluding hydrogens is 358 g/mol. The van der Waals surface area contributed by atoms with Crippen molar-refractivity contribution in [3.63, 3.8) is 0 Å². The summed E-state index contributed by atoms with van der Waals surface area (Å²) in [6, 6.07) is 8.15. The SMILES string of the molecule is O=C(CN1CCOC1=O)N[C@@H]1C[C@H]2CO[C@@H](c3ccc(Cl)cc3)CN2C1. The van der Waals surface area contributed by atoms with E-state index in [9.17, 15) is 9.59 Å². The Morgan fingerprint density at radius 1 is 1.27 bits per heavy atom. The highest BCUT2D eigenvalue weighted by atomic mass is 35.5. The molecule has 3 saturated heterocycles. The summed E-state index contributed by atoms with van der Waals surface area (Å²) in [6.07, 6.45) is 0.476. The zero-order chi connectivity index (χ0) is 18.1. The van der Waals surface area contributed by atoms with Crippen LogP contribution in [0.5, 0.6) is 0 Å². The first-order valence-corrected chi connectivity index (χ1v) is 9.28. The molecule has 1 N–H and O–H groups in total. The topological polar surface area (TPSA) is 71.1 Å². The normalized spacial score (nSPS) is 28.7. The predicted molar refractivity (Wildman–Crippen MR) is 95.0 cm³/mol. The molecule has 26 heavy (non-hydrogen) atoms. The molecule has 3 aliphatic heterocycles. The Morgan fingerprint density at radius 3 is 2.81 bits per heavy atom. The van der Waals surface area contributed by atoms with Crippen LogP contribution in [0.2, 0.25) is 5.02 Å². The van der Waals surface area contributed by atoms with Crippen LogP contribution in [0.15, 0.2) is 24.3 Å². The van der Waals surface area contributed by atoms with Gasteiger partial charge in [0, 0.05) is 30.2 Å². The third kappa shape index (κ3) is 3.79. The number of benzene rings is 1. The van der Waals surface area contributed by atoms with Gasteiger partial charge in [0.15, 0.2) is 0 Å². The minimum absolute atomic E-state index is 0.0253. The molecule has 3 aliphatic rings. The highest BCUT2D eigenvalue weighted by Gasteiger charge is 2.38. The maximum atomic E-state index is 12.2. The van der Waals surface area contributed by atoms with Gasteiger partial charge >= 0.3 is 6.09 Å². The average Bonchev–Trinajstić information content (AvgIpc) is 3.20. The van der Waals surface area contributed by atoms with Gasteiger partial charge in [0.2, 0.25) is 5.91 Å². The fourth-order valence-electron chi connectivity index (χ4n) is 3.87. The lowest BCUT2D eigenvalue weighted by atomic mass is 10.1. The average molecular weight is 380 g/mol. The Bertz CT molecular complexity index is 684. The number of rotatable bonds is 4. The van der Waals surface area contributed by atoms with Gasteiger partial charge in [-0.25, -0.2) is 4.79 Å². The molecule has 0 aromatic heterocycles. The van der Waals surface area contributed by atoms with Crippen LogP contribution in [0.4, 0.5) is 4.79 Å². The second-order valence-electron chi connectivity index (χ2n) is 7.02. The van der Waals surface area contributed by atoms with E-state index in [0.717, 1.165) is 25.1 Å². The summed E-state index contributed by atoms with van der Waals surface area (Å²) in [6.45, 7) is 3.14. The Balaban J connectivity index is 1.29. The van der Waals surface area contributed by atoms with Crippen molar-refractivity contribution in [3.05, 3.63) is 34.9 Å². The highest BCUT2D eigenvalue weighted by molar-refractivity contribution is 6.30. The smallest absolute Gasteiger partial charge is 0.410 e. The van der Waals surface area contributed by atoms with Crippen molar-refractivity contribution in [2.75, 3.05) is 39.4 Å². The van der Waals surface area contributed by atoms with Crippen molar-refractivity contribution in [1.82, 2.24) is 15.1 Å². The first-order chi connectivity index (χ1) is 12.6. The van der Waals surface area contributed by atoms with Crippen LogP contribution in [0, 0.1) is 0 Å². The molecule has 4 rings (SSSR count). The zero-order valence-corrected chi connectivity index (χ0v) is 15.2. The van der Waals surface area contributed by atoms with Crippen LogP contribution in [-0.4, -0.2) is 73.3 Å². The summed E-state index contributed by atoms with van der Waals surface area (Å²) in [5.74, 6) is -0.135. The number of carbonyl (C=O) groups is 2. The molecule has 3 fully saturated rings. The quantitative estimate of drug-likeness (QED) is 0.856. The van der Waals surface area contributed by atoms with Gasteiger partial charge in [-0.1, -0.05) is 23.7 Å². The second kappa shape index (κ2) is 7.42. The van der Waals surface area contributed by atoms with E-state index in [1.165, 1.54) is 4.90 Å². The van der Waals surface area contributed by atoms with Crippen LogP contribution in [-0.2, 0) is 14.3 Å². The number of morpholine rings is 1. The lowest BCUT2D eigenvalue weighted by Gasteiger charge is -2.35. The van der Waals surface area contributed by atoms with E-state index in [1.54, 1.807) is 0 Å². The van der Waals surface area contributed by atoms with Crippen molar-refractivity contribution < 1.29 is 19.1 Å². The number of amides is 2. The predicted octanol–water partition coefficient (Wildman–Crippen LogP) is 1.42. The second-order valence-corrected chi connectivity index (χ2v) is 7.45. The monoisotopic (exact) mass is 379 g/mol. The molecule has 0 aliphatic carbocycles. The molecule has 0 bridgehead atoms. The molecule has 3 atom stereocenters. The molecular formula is C18H22ClN3O4. The summed E-state index contributed by atoms with van der Waals surface area (Å²) in [5, 5.41) is 3.76. The zero-order valence-electron chi connectivity index (χ0n) is 14.4. The minimum Gasteiger partial charge on any atom is -0.448 e. The van der Waals surface area contributed by atoms with E-state index < -0.39 is 6.09 Å². The number of halogens is 1. The maximum absolute atomic E-state index is 12.2. The Kier molecular flexibility index (Phi) is 5.02. The molecule has 0 spiro atoms. The Morgan fingerprint density at radius 2 is 2.08 bits per heavy atom. The number of hydrogen-bond donors (Lipinski definition) is 1. The van der Waals surface area contributed by atoms with Crippen molar-refractivity contribution in [2.24, 2.45) is 0 Å². The third-order valence-corrected chi connectivity index (χ3v) is 5.46. The summed E-state index contributed by atoms with van der Waals surface area (Å²) < 4.78 is 10.9. The van der Waals surface area contributed by atoms with Crippen molar-refractivity contribution in [1.29, 1.82) is 0 Å². The number of hydrogen-bond acceptors (Lipinski definition) is 5. The molecule has 140 valence electrons. The molecule has 1 aromatic carbocycles. The van der Waals surface area contributed by atoms with Crippen LogP contribution in [0.3, 0.4) is 0 Å². The molecule has 3 heterocycles. The van der Waals surface area contributed by atoms with E-state index in [0.29, 0.717) is 30.8 Å². The first-order valence-electron chi connectivity index (χ1n) is 8.90. The van der Waals surface area contributed by atoms with Gasteiger partial charge in [0.25, 0.3) is 0 Å². The van der Waals surface area contributed by atoms with Gasteiger partial charge in [0.05, 0.1) is 19.3 Å². The first kappa shape index (κ1) is 17.6. The van der Waals surface area contributed by atoms with Gasteiger partial charge < -0.3 is 14.8 Å². The minimum atomic E-state index is -0.414. The van der Waals surface area contributed by atoms with E-state index in [2.05, 4.69) is 10.2 Å². The van der Waals surface area contributed by atoms with Crippen LogP contribution >= 0.6 is 11.6 Å². The number of ether oxygens (including phenoxy) is 2. The lowest BCUT2D eigenvalue weighted by Crippen LogP contribution is -2.44. The summed E-state index contributed by atoms with van der Waals surface area (Å²) in [7, 11) is 0. The lowest BCUT2D eigenvalue weighted by molar-refractivity contribution is -0.122. The maximum Gasteiger partial charge on any atom is 0.410 e. The molecule has 7 nitrogen and oxygen atoms in total. The Labute approximate surface area is 157 Å². The van der Waals surface area contributed by atoms with Crippen LogP contribution in [0.25, 0.3) is 0 Å². The molecule has 0 unspecified atom stereocenters. The largest absolute Gasteiger partial charge is 0.448 e. The van der Waals surface area contributed by atoms with E-state index in [1.807, 2.05) is 24.3 Å². The van der Waals surface area contributed by atoms with Crippen molar-refractivity contribution in [2.45, 2.75) is 24.6 Å². The summed E-state index contributed by atoms with van der Waals surface area (Å²) in [4.78, 5) is 27.4. The van der Waals surface area contributed by atoms with Gasteiger partial charge in [-0.2, -0.15) is 0 Å². The van der Waals surface area contributed by atoms with Crippen molar-refractivity contribution in [3.8, 4) is 0 Å². The van der Waals surface area contributed by atoms with Gasteiger partial charge in [-0.3, -0.25) is 14.6 Å². The molecule has 2 amide bonds. The third-order valence-electron chi connectivity index (χ3n) is 5.20. The van der Waals surface area contributed by atoms with E-state index in [-0.39, 0.29) is 24.6 Å². The number of fused-ring (bicyclic) bond motifs is 1.